The fourth-order valence-electron chi connectivity index (χ4n) is 2.46. The van der Waals surface area contributed by atoms with E-state index in [1.165, 1.54) is 0 Å². The van der Waals surface area contributed by atoms with Gasteiger partial charge in [0.1, 0.15) is 11.3 Å². The Hall–Kier alpha value is -2.69. The molecule has 0 fully saturated rings. The minimum absolute atomic E-state index is 0.185. The number of nitrogens with one attached hydrogen (secondary N) is 1. The van der Waals surface area contributed by atoms with E-state index in [4.69, 9.17) is 13.6 Å². The summed E-state index contributed by atoms with van der Waals surface area (Å²) < 4.78 is 16.7. The molecule has 0 radical (unpaired) electrons. The van der Waals surface area contributed by atoms with Gasteiger partial charge >= 0.3 is 0 Å². The summed E-state index contributed by atoms with van der Waals surface area (Å²) in [4.78, 5) is 12.2. The van der Waals surface area contributed by atoms with Crippen molar-refractivity contribution < 1.29 is 18.4 Å². The number of carbonyl (C=O) groups excluding carboxylic acids is 1. The van der Waals surface area contributed by atoms with Crippen LogP contribution in [0.2, 0.25) is 0 Å². The van der Waals surface area contributed by atoms with Crippen LogP contribution >= 0.6 is 0 Å². The normalized spacial score (nSPS) is 17.6. The second kappa shape index (κ2) is 3.90. The maximum absolute atomic E-state index is 12.2. The number of rotatable bonds is 1. The van der Waals surface area contributed by atoms with Gasteiger partial charge < -0.3 is 18.9 Å². The van der Waals surface area contributed by atoms with Gasteiger partial charge in [-0.15, -0.1) is 0 Å². The van der Waals surface area contributed by atoms with Crippen LogP contribution in [0.25, 0.3) is 11.0 Å². The Bertz CT molecular complexity index is 801. The SMILES string of the molecule is Cc1coc2ccc3c(c12)OC(c1ccco1)NC3=O. The molecule has 0 saturated heterocycles. The Morgan fingerprint density at radius 2 is 2.10 bits per heavy atom. The molecule has 20 heavy (non-hydrogen) atoms. The first-order valence-corrected chi connectivity index (χ1v) is 6.26. The van der Waals surface area contributed by atoms with Crippen molar-refractivity contribution in [3.8, 4) is 5.75 Å². The minimum Gasteiger partial charge on any atom is -0.464 e. The number of ether oxygens (including phenoxy) is 1. The third kappa shape index (κ3) is 1.46. The second-order valence-corrected chi connectivity index (χ2v) is 4.72. The fraction of sp³-hybridized carbons (Fsp3) is 0.133. The van der Waals surface area contributed by atoms with Crippen LogP contribution in [0.3, 0.4) is 0 Å². The molecule has 5 heteroatoms. The standard InChI is InChI=1S/C15H11NO4/c1-8-7-19-10-5-4-9-13(12(8)10)20-15(16-14(9)17)11-3-2-6-18-11/h2-7,15H,1H3,(H,16,17). The number of carbonyl (C=O) groups is 1. The van der Waals surface area contributed by atoms with Crippen molar-refractivity contribution >= 4 is 16.9 Å². The molecule has 0 saturated carbocycles. The molecule has 2 aromatic heterocycles. The highest BCUT2D eigenvalue weighted by Gasteiger charge is 2.30. The quantitative estimate of drug-likeness (QED) is 0.737. The van der Waals surface area contributed by atoms with E-state index in [0.29, 0.717) is 22.7 Å². The van der Waals surface area contributed by atoms with Gasteiger partial charge in [0.05, 0.1) is 23.5 Å². The zero-order valence-corrected chi connectivity index (χ0v) is 10.7. The Labute approximate surface area is 114 Å². The van der Waals surface area contributed by atoms with E-state index in [1.54, 1.807) is 36.8 Å². The van der Waals surface area contributed by atoms with E-state index in [0.717, 1.165) is 10.9 Å². The molecule has 0 spiro atoms. The first kappa shape index (κ1) is 11.2. The summed E-state index contributed by atoms with van der Waals surface area (Å²) in [6.45, 7) is 1.92. The lowest BCUT2D eigenvalue weighted by molar-refractivity contribution is 0.0713. The summed E-state index contributed by atoms with van der Waals surface area (Å²) in [5.74, 6) is 0.913. The van der Waals surface area contributed by atoms with Gasteiger partial charge in [-0.2, -0.15) is 0 Å². The molecule has 0 aliphatic carbocycles. The number of aryl methyl sites for hydroxylation is 1. The highest BCUT2D eigenvalue weighted by Crippen LogP contribution is 2.38. The first-order valence-electron chi connectivity index (χ1n) is 6.26. The molecular formula is C15H11NO4. The summed E-state index contributed by atoms with van der Waals surface area (Å²) >= 11 is 0. The Morgan fingerprint density at radius 1 is 1.20 bits per heavy atom. The molecule has 1 amide bonds. The van der Waals surface area contributed by atoms with Gasteiger partial charge in [-0.05, 0) is 36.8 Å². The predicted molar refractivity (Wildman–Crippen MR) is 70.5 cm³/mol. The zero-order valence-electron chi connectivity index (χ0n) is 10.7. The Morgan fingerprint density at radius 3 is 2.90 bits per heavy atom. The predicted octanol–water partition coefficient (Wildman–Crippen LogP) is 3.16. The average Bonchev–Trinajstić information content (AvgIpc) is 3.08. The molecule has 5 nitrogen and oxygen atoms in total. The maximum Gasteiger partial charge on any atom is 0.258 e. The Kier molecular flexibility index (Phi) is 2.18. The molecule has 0 bridgehead atoms. The first-order chi connectivity index (χ1) is 9.74. The maximum atomic E-state index is 12.2. The molecule has 1 aliphatic heterocycles. The smallest absolute Gasteiger partial charge is 0.258 e. The van der Waals surface area contributed by atoms with E-state index in [9.17, 15) is 4.79 Å². The summed E-state index contributed by atoms with van der Waals surface area (Å²) in [5.41, 5.74) is 2.14. The number of amides is 1. The largest absolute Gasteiger partial charge is 0.464 e. The highest BCUT2D eigenvalue weighted by atomic mass is 16.5. The number of hydrogen-bond acceptors (Lipinski definition) is 4. The number of benzene rings is 1. The number of fused-ring (bicyclic) bond motifs is 3. The van der Waals surface area contributed by atoms with E-state index in [-0.39, 0.29) is 5.91 Å². The van der Waals surface area contributed by atoms with Crippen LogP contribution in [0.5, 0.6) is 5.75 Å². The zero-order chi connectivity index (χ0) is 13.7. The van der Waals surface area contributed by atoms with Crippen LogP contribution in [0.1, 0.15) is 27.9 Å². The van der Waals surface area contributed by atoms with Crippen molar-refractivity contribution in [2.24, 2.45) is 0 Å². The average molecular weight is 269 g/mol. The molecule has 3 heterocycles. The summed E-state index contributed by atoms with van der Waals surface area (Å²) in [6, 6.07) is 6.99. The van der Waals surface area contributed by atoms with Crippen LogP contribution in [0.4, 0.5) is 0 Å². The summed E-state index contributed by atoms with van der Waals surface area (Å²) in [5, 5.41) is 3.59. The lowest BCUT2D eigenvalue weighted by Crippen LogP contribution is -2.36. The molecule has 1 N–H and O–H groups in total. The molecule has 1 aromatic carbocycles. The van der Waals surface area contributed by atoms with Crippen LogP contribution < -0.4 is 10.1 Å². The monoisotopic (exact) mass is 269 g/mol. The molecular weight excluding hydrogens is 258 g/mol. The van der Waals surface area contributed by atoms with Crippen molar-refractivity contribution in [1.29, 1.82) is 0 Å². The lowest BCUT2D eigenvalue weighted by Gasteiger charge is -2.25. The van der Waals surface area contributed by atoms with Gasteiger partial charge in [-0.3, -0.25) is 4.79 Å². The third-order valence-electron chi connectivity index (χ3n) is 3.42. The number of hydrogen-bond donors (Lipinski definition) is 1. The van der Waals surface area contributed by atoms with Crippen molar-refractivity contribution in [2.75, 3.05) is 0 Å². The number of furan rings is 2. The topological polar surface area (TPSA) is 64.6 Å². The molecule has 100 valence electrons. The second-order valence-electron chi connectivity index (χ2n) is 4.72. The summed E-state index contributed by atoms with van der Waals surface area (Å²) in [6.07, 6.45) is 2.58. The molecule has 1 unspecified atom stereocenters. The van der Waals surface area contributed by atoms with Crippen LogP contribution in [0, 0.1) is 6.92 Å². The lowest BCUT2D eigenvalue weighted by atomic mass is 10.1. The van der Waals surface area contributed by atoms with Gasteiger partial charge in [0.15, 0.2) is 5.76 Å². The van der Waals surface area contributed by atoms with Crippen molar-refractivity contribution in [2.45, 2.75) is 13.2 Å². The summed E-state index contributed by atoms with van der Waals surface area (Å²) in [7, 11) is 0. The Balaban J connectivity index is 1.91. The van der Waals surface area contributed by atoms with E-state index in [1.807, 2.05) is 6.92 Å². The van der Waals surface area contributed by atoms with Crippen molar-refractivity contribution in [1.82, 2.24) is 5.32 Å². The van der Waals surface area contributed by atoms with Crippen molar-refractivity contribution in [3.05, 3.63) is 53.7 Å². The van der Waals surface area contributed by atoms with Crippen LogP contribution in [0.15, 0.2) is 45.6 Å². The molecule has 1 aliphatic rings. The van der Waals surface area contributed by atoms with Crippen LogP contribution in [-0.2, 0) is 0 Å². The van der Waals surface area contributed by atoms with E-state index < -0.39 is 6.23 Å². The third-order valence-corrected chi connectivity index (χ3v) is 3.42. The van der Waals surface area contributed by atoms with Gasteiger partial charge in [0.2, 0.25) is 6.23 Å². The van der Waals surface area contributed by atoms with Gasteiger partial charge in [0.25, 0.3) is 5.91 Å². The van der Waals surface area contributed by atoms with E-state index in [2.05, 4.69) is 5.32 Å². The molecule has 3 aromatic rings. The van der Waals surface area contributed by atoms with Gasteiger partial charge in [-0.25, -0.2) is 0 Å². The molecule has 1 atom stereocenters. The fourth-order valence-corrected chi connectivity index (χ4v) is 2.46. The van der Waals surface area contributed by atoms with Gasteiger partial charge in [-0.1, -0.05) is 0 Å². The van der Waals surface area contributed by atoms with Crippen molar-refractivity contribution in [3.63, 3.8) is 0 Å². The van der Waals surface area contributed by atoms with Gasteiger partial charge in [0, 0.05) is 0 Å². The van der Waals surface area contributed by atoms with Crippen LogP contribution in [-0.4, -0.2) is 5.91 Å². The van der Waals surface area contributed by atoms with E-state index >= 15 is 0 Å². The highest BCUT2D eigenvalue weighted by molar-refractivity contribution is 6.04. The minimum atomic E-state index is -0.620. The molecule has 4 rings (SSSR count).